The third-order valence-electron chi connectivity index (χ3n) is 4.80. The molecular weight excluding hydrogens is 350 g/mol. The number of benzene rings is 1. The van der Waals surface area contributed by atoms with Crippen molar-refractivity contribution in [2.45, 2.75) is 20.0 Å². The van der Waals surface area contributed by atoms with Crippen molar-refractivity contribution in [3.8, 4) is 0 Å². The van der Waals surface area contributed by atoms with Crippen molar-refractivity contribution in [3.63, 3.8) is 0 Å². The van der Waals surface area contributed by atoms with Gasteiger partial charge >= 0.3 is 5.69 Å². The van der Waals surface area contributed by atoms with Gasteiger partial charge in [0.2, 0.25) is 5.95 Å². The largest absolute Gasteiger partial charge is 0.548 e. The van der Waals surface area contributed by atoms with Gasteiger partial charge in [-0.1, -0.05) is 25.1 Å². The Morgan fingerprint density at radius 2 is 1.93 bits per heavy atom. The first kappa shape index (κ1) is 17.1. The minimum atomic E-state index is -1.49. The average Bonchev–Trinajstić information content (AvgIpc) is 3.03. The van der Waals surface area contributed by atoms with Crippen LogP contribution in [0.3, 0.4) is 0 Å². The first-order valence-electron chi connectivity index (χ1n) is 8.61. The summed E-state index contributed by atoms with van der Waals surface area (Å²) < 4.78 is 3.65. The number of aromatic nitrogens is 4. The Bertz CT molecular complexity index is 1160. The third-order valence-corrected chi connectivity index (χ3v) is 4.80. The molecule has 1 atom stereocenters. The normalized spacial score (nSPS) is 16.5. The molecule has 1 aromatic carbocycles. The van der Waals surface area contributed by atoms with E-state index in [1.54, 1.807) is 4.57 Å². The minimum Gasteiger partial charge on any atom is -0.548 e. The van der Waals surface area contributed by atoms with Crippen molar-refractivity contribution in [1.29, 1.82) is 0 Å². The average molecular weight is 368 g/mol. The number of carbonyl (C=O) groups excluding carboxylic acids is 1. The Balaban J connectivity index is 2.03. The van der Waals surface area contributed by atoms with E-state index in [0.717, 1.165) is 5.69 Å². The number of hydrogen-bond donors (Lipinski definition) is 0. The first-order valence-corrected chi connectivity index (χ1v) is 8.61. The zero-order chi connectivity index (χ0) is 19.3. The second kappa shape index (κ2) is 6.11. The van der Waals surface area contributed by atoms with Gasteiger partial charge in [-0.2, -0.15) is 4.98 Å². The van der Waals surface area contributed by atoms with Gasteiger partial charge in [-0.15, -0.1) is 0 Å². The van der Waals surface area contributed by atoms with Crippen LogP contribution in [0, 0.1) is 5.92 Å². The van der Waals surface area contributed by atoms with E-state index < -0.39 is 23.8 Å². The number of carboxylic acids is 1. The predicted octanol–water partition coefficient (Wildman–Crippen LogP) is -0.566. The lowest BCUT2D eigenvalue weighted by Gasteiger charge is -2.32. The van der Waals surface area contributed by atoms with Crippen LogP contribution < -0.4 is 21.3 Å². The Morgan fingerprint density at radius 3 is 2.59 bits per heavy atom. The van der Waals surface area contributed by atoms with Gasteiger partial charge in [0, 0.05) is 25.8 Å². The van der Waals surface area contributed by atoms with Crippen LogP contribution in [0.4, 0.5) is 11.6 Å². The van der Waals surface area contributed by atoms with Crippen LogP contribution in [0.1, 0.15) is 6.92 Å². The molecule has 4 rings (SSSR count). The van der Waals surface area contributed by atoms with Gasteiger partial charge in [0.15, 0.2) is 11.2 Å². The smallest absolute Gasteiger partial charge is 0.332 e. The summed E-state index contributed by atoms with van der Waals surface area (Å²) in [5.74, 6) is -0.708. The maximum atomic E-state index is 12.9. The summed E-state index contributed by atoms with van der Waals surface area (Å²) in [6.45, 7) is 2.54. The number of carbonyl (C=O) groups is 1. The van der Waals surface area contributed by atoms with Crippen LogP contribution in [0.5, 0.6) is 0 Å². The van der Waals surface area contributed by atoms with Crippen LogP contribution in [0.2, 0.25) is 0 Å². The highest BCUT2D eigenvalue weighted by molar-refractivity contribution is 5.77. The molecule has 0 radical (unpaired) electrons. The van der Waals surface area contributed by atoms with Crippen LogP contribution in [0.25, 0.3) is 11.2 Å². The highest BCUT2D eigenvalue weighted by Crippen LogP contribution is 2.32. The summed E-state index contributed by atoms with van der Waals surface area (Å²) in [6.07, 6.45) is 0. The van der Waals surface area contributed by atoms with Crippen molar-refractivity contribution in [2.24, 2.45) is 13.0 Å². The summed E-state index contributed by atoms with van der Waals surface area (Å²) in [4.78, 5) is 42.9. The molecule has 0 amide bonds. The number of carboxylic acid groups (broad SMARTS) is 1. The highest BCUT2D eigenvalue weighted by Gasteiger charge is 2.29. The summed E-state index contributed by atoms with van der Waals surface area (Å²) in [6, 6.07) is 9.67. The Kier molecular flexibility index (Phi) is 3.87. The van der Waals surface area contributed by atoms with Crippen molar-refractivity contribution < 1.29 is 9.90 Å². The molecule has 0 bridgehead atoms. The molecule has 0 N–H and O–H groups in total. The summed E-state index contributed by atoms with van der Waals surface area (Å²) in [7, 11) is 1.48. The van der Waals surface area contributed by atoms with Crippen LogP contribution in [-0.4, -0.2) is 31.2 Å². The molecule has 0 aliphatic carbocycles. The predicted molar refractivity (Wildman–Crippen MR) is 96.9 cm³/mol. The van der Waals surface area contributed by atoms with Crippen LogP contribution in [-0.2, 0) is 24.9 Å². The SMILES string of the molecule is C[C@H]1CN(c2ccccc2)c2nc3c(c(=O)n(CC(=O)[O-])c(=O)n3C)n2C1. The summed E-state index contributed by atoms with van der Waals surface area (Å²) >= 11 is 0. The number of hydrogen-bond acceptors (Lipinski definition) is 6. The molecule has 2 aromatic heterocycles. The van der Waals surface area contributed by atoms with E-state index in [0.29, 0.717) is 23.6 Å². The monoisotopic (exact) mass is 368 g/mol. The second-order valence-corrected chi connectivity index (χ2v) is 6.85. The van der Waals surface area contributed by atoms with E-state index in [1.165, 1.54) is 11.6 Å². The Labute approximate surface area is 153 Å². The molecular formula is C18H18N5O4-. The fourth-order valence-corrected chi connectivity index (χ4v) is 3.60. The van der Waals surface area contributed by atoms with Gasteiger partial charge in [-0.05, 0) is 18.1 Å². The first-order chi connectivity index (χ1) is 12.9. The Morgan fingerprint density at radius 1 is 1.22 bits per heavy atom. The van der Waals surface area contributed by atoms with Gasteiger partial charge in [0.1, 0.15) is 0 Å². The standard InChI is InChI=1S/C18H19N5O4/c1-11-8-21(12-6-4-3-5-7-12)17-19-15-14(22(17)9-11)16(26)23(10-13(24)25)18(27)20(15)2/h3-7,11H,8-10H2,1-2H3,(H,24,25)/p-1/t11-/m0/s1. The van der Waals surface area contributed by atoms with Crippen LogP contribution in [0.15, 0.2) is 39.9 Å². The molecule has 3 aromatic rings. The third kappa shape index (κ3) is 2.62. The lowest BCUT2D eigenvalue weighted by Crippen LogP contribution is -2.44. The molecule has 9 heteroatoms. The topological polar surface area (TPSA) is 105 Å². The number of anilines is 2. The van der Waals surface area contributed by atoms with Gasteiger partial charge in [0.25, 0.3) is 5.56 Å². The van der Waals surface area contributed by atoms with Crippen molar-refractivity contribution >= 4 is 28.8 Å². The van der Waals surface area contributed by atoms with Gasteiger partial charge < -0.3 is 19.4 Å². The number of nitrogens with zero attached hydrogens (tertiary/aromatic N) is 5. The minimum absolute atomic E-state index is 0.223. The van der Waals surface area contributed by atoms with Crippen molar-refractivity contribution in [2.75, 3.05) is 11.4 Å². The fourth-order valence-electron chi connectivity index (χ4n) is 3.60. The number of fused-ring (bicyclic) bond motifs is 3. The molecule has 27 heavy (non-hydrogen) atoms. The lowest BCUT2D eigenvalue weighted by atomic mass is 10.1. The lowest BCUT2D eigenvalue weighted by molar-refractivity contribution is -0.306. The van der Waals surface area contributed by atoms with E-state index in [-0.39, 0.29) is 17.1 Å². The summed E-state index contributed by atoms with van der Waals surface area (Å²) in [5.41, 5.74) is -0.00394. The van der Waals surface area contributed by atoms with Crippen molar-refractivity contribution in [1.82, 2.24) is 18.7 Å². The molecule has 0 fully saturated rings. The molecule has 3 heterocycles. The number of aryl methyl sites for hydroxylation is 1. The van der Waals surface area contributed by atoms with Crippen LogP contribution >= 0.6 is 0 Å². The maximum absolute atomic E-state index is 12.9. The fraction of sp³-hybridized carbons (Fsp3) is 0.333. The van der Waals surface area contributed by atoms with E-state index in [1.807, 2.05) is 35.2 Å². The Hall–Kier alpha value is -3.36. The molecule has 0 spiro atoms. The number of rotatable bonds is 3. The molecule has 140 valence electrons. The molecule has 0 unspecified atom stereocenters. The molecule has 0 saturated heterocycles. The maximum Gasteiger partial charge on any atom is 0.332 e. The van der Waals surface area contributed by atoms with Crippen molar-refractivity contribution in [3.05, 3.63) is 51.2 Å². The van der Waals surface area contributed by atoms with Gasteiger partial charge in [-0.25, -0.2) is 4.79 Å². The molecule has 1 aliphatic rings. The number of aliphatic carboxylic acids is 1. The zero-order valence-corrected chi connectivity index (χ0v) is 15.0. The quantitative estimate of drug-likeness (QED) is 0.613. The van der Waals surface area contributed by atoms with E-state index >= 15 is 0 Å². The number of para-hydroxylation sites is 1. The van der Waals surface area contributed by atoms with E-state index in [2.05, 4.69) is 11.9 Å². The van der Waals surface area contributed by atoms with E-state index in [4.69, 9.17) is 0 Å². The van der Waals surface area contributed by atoms with Gasteiger partial charge in [-0.3, -0.25) is 13.9 Å². The number of imidazole rings is 1. The summed E-state index contributed by atoms with van der Waals surface area (Å²) in [5, 5.41) is 11.0. The molecule has 9 nitrogen and oxygen atoms in total. The molecule has 0 saturated carbocycles. The van der Waals surface area contributed by atoms with Gasteiger partial charge in [0.05, 0.1) is 12.5 Å². The highest BCUT2D eigenvalue weighted by atomic mass is 16.4. The van der Waals surface area contributed by atoms with E-state index in [9.17, 15) is 19.5 Å². The second-order valence-electron chi connectivity index (χ2n) is 6.85. The zero-order valence-electron chi connectivity index (χ0n) is 15.0. The molecule has 1 aliphatic heterocycles.